The minimum Gasteiger partial charge on any atom is -0.423 e. The molecule has 0 fully saturated rings. The van der Waals surface area contributed by atoms with E-state index >= 15 is 0 Å². The molecule has 0 aliphatic heterocycles. The predicted molar refractivity (Wildman–Crippen MR) is 48.5 cm³/mol. The van der Waals surface area contributed by atoms with Crippen molar-refractivity contribution in [3.8, 4) is 0 Å². The van der Waals surface area contributed by atoms with E-state index in [4.69, 9.17) is 4.43 Å². The van der Waals surface area contributed by atoms with Gasteiger partial charge in [0, 0.05) is 16.6 Å². The molecule has 3 heteroatoms. The number of rotatable bonds is 5. The Hall–Kier alpha value is 0.394. The Morgan fingerprint density at radius 3 is 2.56 bits per heavy atom. The van der Waals surface area contributed by atoms with Gasteiger partial charge in [0.2, 0.25) is 0 Å². The summed E-state index contributed by atoms with van der Waals surface area (Å²) in [4.78, 5) is 0. The van der Waals surface area contributed by atoms with Gasteiger partial charge in [0.05, 0.1) is 0 Å². The molecule has 0 N–H and O–H groups in total. The molecule has 56 valence electrons. The maximum atomic E-state index is 5.40. The molecular weight excluding hydrogens is 144 g/mol. The summed E-state index contributed by atoms with van der Waals surface area (Å²) < 4.78 is 5.40. The van der Waals surface area contributed by atoms with Crippen molar-refractivity contribution in [2.45, 2.75) is 31.6 Å². The van der Waals surface area contributed by atoms with Crippen LogP contribution in [0.25, 0.3) is 0 Å². The minimum atomic E-state index is -0.651. The lowest BCUT2D eigenvalue weighted by atomic mass is 10.6. The van der Waals surface area contributed by atoms with E-state index in [1.54, 1.807) is 0 Å². The molecular formula is C6H18OSi2. The zero-order valence-electron chi connectivity index (χ0n) is 6.81. The third-order valence-corrected chi connectivity index (χ3v) is 8.33. The zero-order chi connectivity index (χ0) is 7.11. The van der Waals surface area contributed by atoms with Crippen LogP contribution in [0.2, 0.25) is 18.3 Å². The van der Waals surface area contributed by atoms with E-state index in [-0.39, 0.29) is 9.52 Å². The van der Waals surface area contributed by atoms with Crippen molar-refractivity contribution in [3.05, 3.63) is 0 Å². The molecule has 0 aromatic carbocycles. The largest absolute Gasteiger partial charge is 0.423 e. The summed E-state index contributed by atoms with van der Waals surface area (Å²) in [7, 11) is 1.51. The molecule has 0 saturated heterocycles. The van der Waals surface area contributed by atoms with Crippen LogP contribution in [-0.4, -0.2) is 25.7 Å². The van der Waals surface area contributed by atoms with Gasteiger partial charge in [0.1, 0.15) is 0 Å². The fourth-order valence-electron chi connectivity index (χ4n) is 1.02. The zero-order valence-corrected chi connectivity index (χ0v) is 9.38. The van der Waals surface area contributed by atoms with Crippen LogP contribution in [-0.2, 0) is 4.43 Å². The highest BCUT2D eigenvalue weighted by atomic mass is 28.3. The fraction of sp³-hybridized carbons (Fsp3) is 1.00. The van der Waals surface area contributed by atoms with Gasteiger partial charge in [0.15, 0.2) is 9.04 Å². The summed E-state index contributed by atoms with van der Waals surface area (Å²) in [5.41, 5.74) is 1.49. The van der Waals surface area contributed by atoms with Crippen LogP contribution in [0.4, 0.5) is 0 Å². The van der Waals surface area contributed by atoms with E-state index in [0.717, 1.165) is 0 Å². The molecule has 0 heterocycles. The quantitative estimate of drug-likeness (QED) is 0.547. The molecule has 0 aromatic heterocycles. The summed E-state index contributed by atoms with van der Waals surface area (Å²) in [5, 5.41) is 0. The predicted octanol–water partition coefficient (Wildman–Crippen LogP) is 0.941. The van der Waals surface area contributed by atoms with E-state index in [0.29, 0.717) is 0 Å². The first-order chi connectivity index (χ1) is 4.35. The highest BCUT2D eigenvalue weighted by Gasteiger charge is 2.05. The number of hydrogen-bond donors (Lipinski definition) is 0. The van der Waals surface area contributed by atoms with Crippen molar-refractivity contribution in [1.29, 1.82) is 0 Å². The molecule has 0 saturated carbocycles. The molecule has 0 bridgehead atoms. The summed E-state index contributed by atoms with van der Waals surface area (Å²) in [6, 6.07) is 1.39. The van der Waals surface area contributed by atoms with Gasteiger partial charge in [-0.2, -0.15) is 0 Å². The molecule has 0 rings (SSSR count). The average Bonchev–Trinajstić information content (AvgIpc) is 1.88. The molecule has 1 atom stereocenters. The lowest BCUT2D eigenvalue weighted by molar-refractivity contribution is 0.421. The standard InChI is InChI=1S/C6H18OSi2/c1-4-5-9(7-2)6-8-3/h9H,4-6,8H2,1-3H3. The fourth-order valence-corrected chi connectivity index (χ4v) is 6.58. The van der Waals surface area contributed by atoms with Gasteiger partial charge in [-0.1, -0.05) is 19.9 Å². The summed E-state index contributed by atoms with van der Waals surface area (Å²) >= 11 is 0. The Morgan fingerprint density at radius 2 is 2.22 bits per heavy atom. The van der Waals surface area contributed by atoms with Gasteiger partial charge in [-0.05, 0) is 11.7 Å². The van der Waals surface area contributed by atoms with Gasteiger partial charge >= 0.3 is 0 Å². The van der Waals surface area contributed by atoms with Crippen LogP contribution in [0.15, 0.2) is 0 Å². The lowest BCUT2D eigenvalue weighted by Gasteiger charge is -2.09. The van der Waals surface area contributed by atoms with Crippen molar-refractivity contribution in [2.75, 3.05) is 7.11 Å². The Morgan fingerprint density at radius 1 is 1.56 bits per heavy atom. The first-order valence-electron chi connectivity index (χ1n) is 3.87. The monoisotopic (exact) mass is 162 g/mol. The minimum absolute atomic E-state index is 0.272. The molecule has 0 radical (unpaired) electrons. The summed E-state index contributed by atoms with van der Waals surface area (Å²) in [6.07, 6.45) is 1.32. The molecule has 1 unspecified atom stereocenters. The van der Waals surface area contributed by atoms with Crippen molar-refractivity contribution < 1.29 is 4.43 Å². The van der Waals surface area contributed by atoms with E-state index in [1.165, 1.54) is 18.1 Å². The highest BCUT2D eigenvalue weighted by Crippen LogP contribution is 2.01. The maximum absolute atomic E-state index is 5.40. The van der Waals surface area contributed by atoms with E-state index in [1.807, 2.05) is 7.11 Å². The summed E-state index contributed by atoms with van der Waals surface area (Å²) in [6.45, 7) is 4.62. The molecule has 0 aliphatic carbocycles. The Balaban J connectivity index is 3.18. The molecule has 9 heavy (non-hydrogen) atoms. The van der Waals surface area contributed by atoms with Crippen LogP contribution in [0.1, 0.15) is 13.3 Å². The van der Waals surface area contributed by atoms with Crippen molar-refractivity contribution in [2.24, 2.45) is 0 Å². The van der Waals surface area contributed by atoms with Gasteiger partial charge in [-0.3, -0.25) is 0 Å². The molecule has 0 spiro atoms. The van der Waals surface area contributed by atoms with Crippen LogP contribution in [0, 0.1) is 0 Å². The van der Waals surface area contributed by atoms with Gasteiger partial charge in [0.25, 0.3) is 0 Å². The van der Waals surface area contributed by atoms with Crippen molar-refractivity contribution in [1.82, 2.24) is 0 Å². The molecule has 0 aromatic rings. The molecule has 0 amide bonds. The molecule has 1 nitrogen and oxygen atoms in total. The first-order valence-corrected chi connectivity index (χ1v) is 8.39. The first kappa shape index (κ1) is 9.39. The van der Waals surface area contributed by atoms with E-state index in [2.05, 4.69) is 13.5 Å². The normalized spacial score (nSPS) is 15.0. The SMILES string of the molecule is CCC[SiH](C[SiH2]C)OC. The Labute approximate surface area is 62.4 Å². The third kappa shape index (κ3) is 4.87. The van der Waals surface area contributed by atoms with Gasteiger partial charge in [-0.25, -0.2) is 0 Å². The van der Waals surface area contributed by atoms with Crippen molar-refractivity contribution >= 4 is 18.6 Å². The van der Waals surface area contributed by atoms with Crippen LogP contribution in [0.5, 0.6) is 0 Å². The number of hydrogen-bond acceptors (Lipinski definition) is 1. The highest BCUT2D eigenvalue weighted by molar-refractivity contribution is 6.64. The van der Waals surface area contributed by atoms with Gasteiger partial charge < -0.3 is 4.43 Å². The summed E-state index contributed by atoms with van der Waals surface area (Å²) in [5.74, 6) is 0. The third-order valence-electron chi connectivity index (χ3n) is 1.55. The molecule has 0 aliphatic rings. The average molecular weight is 162 g/mol. The second-order valence-electron chi connectivity index (χ2n) is 2.44. The van der Waals surface area contributed by atoms with Crippen molar-refractivity contribution in [3.63, 3.8) is 0 Å². The Kier molecular flexibility index (Phi) is 6.80. The van der Waals surface area contributed by atoms with E-state index < -0.39 is 9.04 Å². The smallest absolute Gasteiger partial charge is 0.173 e. The van der Waals surface area contributed by atoms with Gasteiger partial charge in [-0.15, -0.1) is 0 Å². The van der Waals surface area contributed by atoms with Crippen LogP contribution >= 0.6 is 0 Å². The van der Waals surface area contributed by atoms with Crippen LogP contribution in [0.3, 0.4) is 0 Å². The van der Waals surface area contributed by atoms with Crippen LogP contribution < -0.4 is 0 Å². The second kappa shape index (κ2) is 6.51. The Bertz CT molecular complexity index is 53.0. The second-order valence-corrected chi connectivity index (χ2v) is 8.04. The lowest BCUT2D eigenvalue weighted by Crippen LogP contribution is -2.16. The maximum Gasteiger partial charge on any atom is 0.173 e. The van der Waals surface area contributed by atoms with E-state index in [9.17, 15) is 0 Å². The topological polar surface area (TPSA) is 9.23 Å².